The molecular formula is C16H15N7O. The highest BCUT2D eigenvalue weighted by atomic mass is 16.5. The lowest BCUT2D eigenvalue weighted by atomic mass is 9.91. The van der Waals surface area contributed by atoms with E-state index in [1.807, 2.05) is 12.1 Å². The number of hydrogen-bond donors (Lipinski definition) is 0. The molecular weight excluding hydrogens is 306 g/mol. The molecule has 120 valence electrons. The Labute approximate surface area is 138 Å². The summed E-state index contributed by atoms with van der Waals surface area (Å²) in [6.45, 7) is 1.55. The van der Waals surface area contributed by atoms with Crippen molar-refractivity contribution in [3.63, 3.8) is 0 Å². The maximum atomic E-state index is 5.81. The van der Waals surface area contributed by atoms with E-state index in [4.69, 9.17) is 4.74 Å². The largest absolute Gasteiger partial charge is 0.376 e. The van der Waals surface area contributed by atoms with Crippen molar-refractivity contribution in [2.24, 2.45) is 0 Å². The fourth-order valence-electron chi connectivity index (χ4n) is 2.93. The summed E-state index contributed by atoms with van der Waals surface area (Å²) in [4.78, 5) is 19.8. The Bertz CT molecular complexity index is 746. The molecule has 4 heterocycles. The molecule has 0 aliphatic carbocycles. The molecule has 0 aromatic carbocycles. The summed E-state index contributed by atoms with van der Waals surface area (Å²) in [5.41, 5.74) is -0.0920. The third kappa shape index (κ3) is 2.37. The van der Waals surface area contributed by atoms with Gasteiger partial charge in [0, 0.05) is 37.5 Å². The summed E-state index contributed by atoms with van der Waals surface area (Å²) >= 11 is 0. The first kappa shape index (κ1) is 14.6. The van der Waals surface area contributed by atoms with Crippen LogP contribution in [0.4, 0.5) is 5.82 Å². The molecule has 0 spiro atoms. The van der Waals surface area contributed by atoms with Crippen LogP contribution in [-0.4, -0.2) is 49.9 Å². The summed E-state index contributed by atoms with van der Waals surface area (Å²) in [5, 5.41) is 8.27. The van der Waals surface area contributed by atoms with E-state index < -0.39 is 5.54 Å². The zero-order valence-corrected chi connectivity index (χ0v) is 12.9. The Hall–Kier alpha value is -3.00. The van der Waals surface area contributed by atoms with Gasteiger partial charge in [0.25, 0.3) is 0 Å². The van der Waals surface area contributed by atoms with Gasteiger partial charge in [0.1, 0.15) is 0 Å². The van der Waals surface area contributed by atoms with Gasteiger partial charge in [-0.3, -0.25) is 9.97 Å². The molecule has 1 saturated heterocycles. The van der Waals surface area contributed by atoms with E-state index in [1.165, 1.54) is 0 Å². The molecule has 1 fully saturated rings. The second kappa shape index (κ2) is 6.25. The SMILES string of the molecule is c1cnc(C2(c3cnccn3)COCCN2c2cccnn2)nc1. The van der Waals surface area contributed by atoms with Crippen molar-refractivity contribution in [2.45, 2.75) is 5.54 Å². The summed E-state index contributed by atoms with van der Waals surface area (Å²) in [6.07, 6.45) is 10.1. The van der Waals surface area contributed by atoms with Crippen molar-refractivity contribution in [2.75, 3.05) is 24.7 Å². The predicted molar refractivity (Wildman–Crippen MR) is 85.0 cm³/mol. The second-order valence-corrected chi connectivity index (χ2v) is 5.31. The maximum Gasteiger partial charge on any atom is 0.169 e. The van der Waals surface area contributed by atoms with Crippen LogP contribution in [0.3, 0.4) is 0 Å². The molecule has 24 heavy (non-hydrogen) atoms. The molecule has 0 amide bonds. The highest BCUT2D eigenvalue weighted by Gasteiger charge is 2.48. The second-order valence-electron chi connectivity index (χ2n) is 5.31. The highest BCUT2D eigenvalue weighted by Crippen LogP contribution is 2.37. The Morgan fingerprint density at radius 1 is 1.00 bits per heavy atom. The zero-order chi connectivity index (χ0) is 16.2. The summed E-state index contributed by atoms with van der Waals surface area (Å²) in [7, 11) is 0. The maximum absolute atomic E-state index is 5.81. The van der Waals surface area contributed by atoms with E-state index in [1.54, 1.807) is 43.2 Å². The molecule has 3 aromatic heterocycles. The molecule has 0 bridgehead atoms. The number of anilines is 1. The van der Waals surface area contributed by atoms with Crippen LogP contribution in [0, 0.1) is 0 Å². The third-order valence-electron chi connectivity index (χ3n) is 3.99. The molecule has 0 radical (unpaired) electrons. The van der Waals surface area contributed by atoms with E-state index >= 15 is 0 Å². The molecule has 3 aromatic rings. The van der Waals surface area contributed by atoms with Crippen LogP contribution in [0.1, 0.15) is 11.5 Å². The highest BCUT2D eigenvalue weighted by molar-refractivity contribution is 5.48. The first-order chi connectivity index (χ1) is 11.9. The Morgan fingerprint density at radius 2 is 1.92 bits per heavy atom. The number of nitrogens with zero attached hydrogens (tertiary/aromatic N) is 7. The van der Waals surface area contributed by atoms with Gasteiger partial charge in [-0.15, -0.1) is 5.10 Å². The van der Waals surface area contributed by atoms with Gasteiger partial charge in [-0.25, -0.2) is 9.97 Å². The minimum atomic E-state index is -0.802. The fraction of sp³-hybridized carbons (Fsp3) is 0.250. The van der Waals surface area contributed by atoms with Gasteiger partial charge in [-0.1, -0.05) is 0 Å². The smallest absolute Gasteiger partial charge is 0.169 e. The summed E-state index contributed by atoms with van der Waals surface area (Å²) < 4.78 is 5.81. The van der Waals surface area contributed by atoms with Crippen LogP contribution < -0.4 is 4.90 Å². The van der Waals surface area contributed by atoms with Crippen LogP contribution in [0.2, 0.25) is 0 Å². The molecule has 1 aliphatic heterocycles. The molecule has 1 aliphatic rings. The van der Waals surface area contributed by atoms with Crippen molar-refractivity contribution in [3.05, 3.63) is 66.9 Å². The lowest BCUT2D eigenvalue weighted by Crippen LogP contribution is -2.57. The monoisotopic (exact) mass is 321 g/mol. The van der Waals surface area contributed by atoms with Gasteiger partial charge >= 0.3 is 0 Å². The fourth-order valence-corrected chi connectivity index (χ4v) is 2.93. The van der Waals surface area contributed by atoms with Crippen LogP contribution >= 0.6 is 0 Å². The van der Waals surface area contributed by atoms with E-state index in [9.17, 15) is 0 Å². The van der Waals surface area contributed by atoms with Crippen molar-refractivity contribution >= 4 is 5.82 Å². The first-order valence-electron chi connectivity index (χ1n) is 7.58. The molecule has 0 N–H and O–H groups in total. The van der Waals surface area contributed by atoms with E-state index in [-0.39, 0.29) is 0 Å². The molecule has 4 rings (SSSR count). The lowest BCUT2D eigenvalue weighted by Gasteiger charge is -2.45. The quantitative estimate of drug-likeness (QED) is 0.701. The van der Waals surface area contributed by atoms with Crippen LogP contribution in [0.25, 0.3) is 0 Å². The molecule has 1 unspecified atom stereocenters. The van der Waals surface area contributed by atoms with Crippen LogP contribution in [0.15, 0.2) is 55.4 Å². The number of morpholine rings is 1. The first-order valence-corrected chi connectivity index (χ1v) is 7.58. The van der Waals surface area contributed by atoms with Gasteiger partial charge < -0.3 is 9.64 Å². The number of rotatable bonds is 3. The van der Waals surface area contributed by atoms with E-state index in [2.05, 4.69) is 35.0 Å². The van der Waals surface area contributed by atoms with Gasteiger partial charge in [0.15, 0.2) is 17.2 Å². The predicted octanol–water partition coefficient (Wildman–Crippen LogP) is 0.837. The van der Waals surface area contributed by atoms with Crippen LogP contribution in [0.5, 0.6) is 0 Å². The molecule has 8 heteroatoms. The van der Waals surface area contributed by atoms with Crippen molar-refractivity contribution < 1.29 is 4.74 Å². The molecule has 8 nitrogen and oxygen atoms in total. The van der Waals surface area contributed by atoms with E-state index in [0.717, 1.165) is 5.82 Å². The molecule has 0 saturated carbocycles. The number of aromatic nitrogens is 6. The van der Waals surface area contributed by atoms with Crippen molar-refractivity contribution in [1.29, 1.82) is 0 Å². The Morgan fingerprint density at radius 3 is 2.67 bits per heavy atom. The topological polar surface area (TPSA) is 89.8 Å². The summed E-state index contributed by atoms with van der Waals surface area (Å²) in [5.74, 6) is 1.31. The standard InChI is InChI=1S/C16H15N7O/c1-3-14(22-21-6-1)23-9-10-24-12-16(23,13-11-17-7-8-18-13)15-19-4-2-5-20-15/h1-8,11H,9-10,12H2. The van der Waals surface area contributed by atoms with Crippen molar-refractivity contribution in [1.82, 2.24) is 30.1 Å². The Kier molecular flexibility index (Phi) is 3.80. The minimum Gasteiger partial charge on any atom is -0.376 e. The average Bonchev–Trinajstić information content (AvgIpc) is 2.70. The van der Waals surface area contributed by atoms with Gasteiger partial charge in [0.2, 0.25) is 0 Å². The third-order valence-corrected chi connectivity index (χ3v) is 3.99. The van der Waals surface area contributed by atoms with Crippen molar-refractivity contribution in [3.8, 4) is 0 Å². The van der Waals surface area contributed by atoms with Gasteiger partial charge in [-0.2, -0.15) is 5.10 Å². The number of hydrogen-bond acceptors (Lipinski definition) is 8. The van der Waals surface area contributed by atoms with Crippen LogP contribution in [-0.2, 0) is 10.3 Å². The minimum absolute atomic E-state index is 0.353. The van der Waals surface area contributed by atoms with Gasteiger partial charge in [0.05, 0.1) is 25.1 Å². The average molecular weight is 321 g/mol. The number of ether oxygens (including phenoxy) is 1. The normalized spacial score (nSPS) is 20.8. The van der Waals surface area contributed by atoms with Gasteiger partial charge in [-0.05, 0) is 18.2 Å². The molecule has 1 atom stereocenters. The van der Waals surface area contributed by atoms with E-state index in [0.29, 0.717) is 31.3 Å². The Balaban J connectivity index is 1.94. The zero-order valence-electron chi connectivity index (χ0n) is 12.9. The summed E-state index contributed by atoms with van der Waals surface area (Å²) in [6, 6.07) is 5.54. The lowest BCUT2D eigenvalue weighted by molar-refractivity contribution is 0.0587.